The molecule has 0 spiro atoms. The van der Waals surface area contributed by atoms with Crippen LogP contribution in [0.3, 0.4) is 0 Å². The fourth-order valence-electron chi connectivity index (χ4n) is 5.80. The van der Waals surface area contributed by atoms with E-state index in [1.807, 2.05) is 18.3 Å². The summed E-state index contributed by atoms with van der Waals surface area (Å²) in [7, 11) is 0. The van der Waals surface area contributed by atoms with Gasteiger partial charge in [0.1, 0.15) is 0 Å². The van der Waals surface area contributed by atoms with Gasteiger partial charge in [0.05, 0.1) is 11.0 Å². The number of anilines is 2. The third-order valence-corrected chi connectivity index (χ3v) is 8.35. The Morgan fingerprint density at radius 3 is 2.44 bits per heavy atom. The lowest BCUT2D eigenvalue weighted by Crippen LogP contribution is -2.34. The summed E-state index contributed by atoms with van der Waals surface area (Å²) in [4.78, 5) is 26.7. The summed E-state index contributed by atoms with van der Waals surface area (Å²) in [5.41, 5.74) is 4.82. The van der Waals surface area contributed by atoms with Gasteiger partial charge in [0.15, 0.2) is 0 Å². The number of hydrogen-bond donors (Lipinski definition) is 2. The van der Waals surface area contributed by atoms with Crippen molar-refractivity contribution in [2.75, 3.05) is 38.0 Å². The largest absolute Gasteiger partial charge is 0.361 e. The number of benzene rings is 2. The average molecular weight is 557 g/mol. The van der Waals surface area contributed by atoms with Crippen LogP contribution in [0.4, 0.5) is 11.6 Å². The van der Waals surface area contributed by atoms with Crippen molar-refractivity contribution >= 4 is 39.5 Å². The lowest BCUT2D eigenvalue weighted by molar-refractivity contribution is 0.0741. The van der Waals surface area contributed by atoms with Gasteiger partial charge in [0, 0.05) is 48.0 Å². The number of hydrogen-bond acceptors (Lipinski definition) is 4. The van der Waals surface area contributed by atoms with Gasteiger partial charge in [0.2, 0.25) is 5.95 Å². The Balaban J connectivity index is 1.43. The summed E-state index contributed by atoms with van der Waals surface area (Å²) in [6.07, 6.45) is 9.00. The number of H-pyrrole nitrogens is 1. The van der Waals surface area contributed by atoms with E-state index in [1.165, 1.54) is 37.7 Å². The van der Waals surface area contributed by atoms with Gasteiger partial charge < -0.3 is 24.7 Å². The quantitative estimate of drug-likeness (QED) is 0.177. The van der Waals surface area contributed by atoms with Gasteiger partial charge in [-0.1, -0.05) is 34.1 Å². The first-order chi connectivity index (χ1) is 19.9. The van der Waals surface area contributed by atoms with Crippen LogP contribution in [0.25, 0.3) is 21.9 Å². The van der Waals surface area contributed by atoms with E-state index in [1.54, 1.807) is 0 Å². The smallest absolute Gasteiger partial charge is 0.253 e. The van der Waals surface area contributed by atoms with Gasteiger partial charge in [-0.25, -0.2) is 4.98 Å². The lowest BCUT2D eigenvalue weighted by Gasteiger charge is -2.26. The average Bonchev–Trinajstić information content (AvgIpc) is 3.57. The molecule has 2 N–H and O–H groups in total. The summed E-state index contributed by atoms with van der Waals surface area (Å²) in [5.74, 6) is 2.08. The summed E-state index contributed by atoms with van der Waals surface area (Å²) in [5, 5.41) is 4.76. The molecule has 220 valence electrons. The van der Waals surface area contributed by atoms with E-state index in [4.69, 9.17) is 4.98 Å². The maximum atomic E-state index is 13.8. The highest BCUT2D eigenvalue weighted by Gasteiger charge is 2.20. The summed E-state index contributed by atoms with van der Waals surface area (Å²) >= 11 is 0. The Hall–Kier alpha value is -3.32. The fourth-order valence-corrected chi connectivity index (χ4v) is 5.80. The molecule has 1 aliphatic heterocycles. The zero-order valence-corrected chi connectivity index (χ0v) is 25.5. The number of carbonyl (C=O) groups excluding carboxylic acids is 1. The van der Waals surface area contributed by atoms with Crippen LogP contribution in [0.1, 0.15) is 76.6 Å². The molecule has 0 bridgehead atoms. The SMILES string of the molecule is CC(C)CCN(CCC(C)C)C(=O)c1ccc2nc(Nc3ccc4[nH]ccc4c3)n(CCCN3CCCCC3)c2c1. The third kappa shape index (κ3) is 7.50. The van der Waals surface area contributed by atoms with E-state index in [-0.39, 0.29) is 5.91 Å². The first-order valence-electron chi connectivity index (χ1n) is 15.7. The number of aromatic amines is 1. The molecule has 2 aromatic heterocycles. The zero-order chi connectivity index (χ0) is 28.8. The normalized spacial score (nSPS) is 14.5. The molecule has 0 aliphatic carbocycles. The van der Waals surface area contributed by atoms with Gasteiger partial charge in [-0.15, -0.1) is 0 Å². The molecule has 5 rings (SSSR count). The molecule has 2 aromatic carbocycles. The molecule has 0 radical (unpaired) electrons. The second kappa shape index (κ2) is 13.6. The summed E-state index contributed by atoms with van der Waals surface area (Å²) < 4.78 is 2.28. The van der Waals surface area contributed by atoms with Crippen molar-refractivity contribution in [2.24, 2.45) is 11.8 Å². The van der Waals surface area contributed by atoms with Gasteiger partial charge in [0.25, 0.3) is 5.91 Å². The second-order valence-electron chi connectivity index (χ2n) is 12.6. The monoisotopic (exact) mass is 556 g/mol. The molecular formula is C34H48N6O. The van der Waals surface area contributed by atoms with Crippen LogP contribution >= 0.6 is 0 Å². The number of aromatic nitrogens is 3. The van der Waals surface area contributed by atoms with E-state index < -0.39 is 0 Å². The van der Waals surface area contributed by atoms with E-state index in [2.05, 4.69) is 82.7 Å². The van der Waals surface area contributed by atoms with E-state index in [0.717, 1.165) is 79.2 Å². The molecule has 0 saturated carbocycles. The Morgan fingerprint density at radius 1 is 0.951 bits per heavy atom. The summed E-state index contributed by atoms with van der Waals surface area (Å²) in [6.45, 7) is 14.8. The van der Waals surface area contributed by atoms with Crippen LogP contribution < -0.4 is 5.32 Å². The Kier molecular flexibility index (Phi) is 9.65. The molecule has 7 heteroatoms. The van der Waals surface area contributed by atoms with Crippen LogP contribution in [0.5, 0.6) is 0 Å². The van der Waals surface area contributed by atoms with Crippen molar-refractivity contribution in [2.45, 2.75) is 72.8 Å². The Bertz CT molecular complexity index is 1420. The van der Waals surface area contributed by atoms with Crippen LogP contribution in [-0.2, 0) is 6.54 Å². The number of nitrogens with one attached hydrogen (secondary N) is 2. The maximum Gasteiger partial charge on any atom is 0.253 e. The minimum atomic E-state index is 0.127. The van der Waals surface area contributed by atoms with Crippen molar-refractivity contribution in [1.82, 2.24) is 24.3 Å². The predicted molar refractivity (Wildman–Crippen MR) is 171 cm³/mol. The lowest BCUT2D eigenvalue weighted by atomic mass is 10.1. The molecule has 41 heavy (non-hydrogen) atoms. The minimum absolute atomic E-state index is 0.127. The maximum absolute atomic E-state index is 13.8. The number of carbonyl (C=O) groups is 1. The Morgan fingerprint density at radius 2 is 1.71 bits per heavy atom. The third-order valence-electron chi connectivity index (χ3n) is 8.35. The first kappa shape index (κ1) is 29.2. The fraction of sp³-hybridized carbons (Fsp3) is 0.529. The van der Waals surface area contributed by atoms with Crippen molar-refractivity contribution < 1.29 is 4.79 Å². The van der Waals surface area contributed by atoms with Crippen molar-refractivity contribution in [3.8, 4) is 0 Å². The van der Waals surface area contributed by atoms with Crippen molar-refractivity contribution in [3.05, 3.63) is 54.2 Å². The molecular weight excluding hydrogens is 508 g/mol. The number of amides is 1. The standard InChI is InChI=1S/C34H48N6O/c1-25(2)14-21-39(22-15-26(3)4)33(41)28-9-11-31-32(24-28)40(20-8-19-38-17-6-5-7-18-38)34(37-31)36-29-10-12-30-27(23-29)13-16-35-30/h9-13,16,23-26,35H,5-8,14-15,17-22H2,1-4H3,(H,36,37). The van der Waals surface area contributed by atoms with Crippen LogP contribution in [0, 0.1) is 11.8 Å². The number of imidazole rings is 1. The predicted octanol–water partition coefficient (Wildman–Crippen LogP) is 7.67. The van der Waals surface area contributed by atoms with Gasteiger partial charge in [-0.3, -0.25) is 4.79 Å². The second-order valence-corrected chi connectivity index (χ2v) is 12.6. The van der Waals surface area contributed by atoms with Crippen LogP contribution in [0.2, 0.25) is 0 Å². The van der Waals surface area contributed by atoms with E-state index >= 15 is 0 Å². The number of likely N-dealkylation sites (tertiary alicyclic amines) is 1. The number of rotatable bonds is 13. The molecule has 3 heterocycles. The zero-order valence-electron chi connectivity index (χ0n) is 25.5. The molecule has 1 aliphatic rings. The summed E-state index contributed by atoms with van der Waals surface area (Å²) in [6, 6.07) is 14.5. The van der Waals surface area contributed by atoms with E-state index in [0.29, 0.717) is 11.8 Å². The number of aryl methyl sites for hydroxylation is 1. The number of nitrogens with zero attached hydrogens (tertiary/aromatic N) is 4. The Labute approximate surface area is 245 Å². The van der Waals surface area contributed by atoms with Gasteiger partial charge >= 0.3 is 0 Å². The van der Waals surface area contributed by atoms with Crippen LogP contribution in [-0.4, -0.2) is 63.0 Å². The van der Waals surface area contributed by atoms with Crippen molar-refractivity contribution in [3.63, 3.8) is 0 Å². The highest BCUT2D eigenvalue weighted by Crippen LogP contribution is 2.27. The molecule has 4 aromatic rings. The molecule has 0 atom stereocenters. The molecule has 0 unspecified atom stereocenters. The minimum Gasteiger partial charge on any atom is -0.361 e. The van der Waals surface area contributed by atoms with Crippen LogP contribution in [0.15, 0.2) is 48.7 Å². The molecule has 1 saturated heterocycles. The topological polar surface area (TPSA) is 69.2 Å². The van der Waals surface area contributed by atoms with Crippen molar-refractivity contribution in [1.29, 1.82) is 0 Å². The highest BCUT2D eigenvalue weighted by atomic mass is 16.2. The van der Waals surface area contributed by atoms with E-state index in [9.17, 15) is 4.79 Å². The molecule has 7 nitrogen and oxygen atoms in total. The first-order valence-corrected chi connectivity index (χ1v) is 15.7. The molecule has 1 fully saturated rings. The number of piperidine rings is 1. The molecule has 1 amide bonds. The van der Waals surface area contributed by atoms with Gasteiger partial charge in [-0.2, -0.15) is 0 Å². The number of fused-ring (bicyclic) bond motifs is 2. The highest BCUT2D eigenvalue weighted by molar-refractivity contribution is 5.98. The van der Waals surface area contributed by atoms with Gasteiger partial charge in [-0.05, 0) is 106 Å².